The molecule has 0 bridgehead atoms. The minimum absolute atomic E-state index is 0.0220. The Balaban J connectivity index is 2.11. The van der Waals surface area contributed by atoms with E-state index in [1.807, 2.05) is 6.92 Å². The number of esters is 1. The molecule has 0 unspecified atom stereocenters. The number of amides is 3. The Bertz CT molecular complexity index is 437. The van der Waals surface area contributed by atoms with Crippen molar-refractivity contribution in [2.75, 3.05) is 46.5 Å². The average molecular weight is 371 g/mol. The highest BCUT2D eigenvalue weighted by molar-refractivity contribution is 5.79. The van der Waals surface area contributed by atoms with Gasteiger partial charge in [0.05, 0.1) is 7.11 Å². The number of likely N-dealkylation sites (tertiary alicyclic amines) is 1. The maximum atomic E-state index is 12.1. The molecule has 0 aromatic rings. The summed E-state index contributed by atoms with van der Waals surface area (Å²) in [6.45, 7) is 5.65. The SMILES string of the molecule is CCOCCCNC(=O)C1CCN(C(=O)NCCCCC(=O)OC)CC1. The van der Waals surface area contributed by atoms with E-state index in [1.54, 1.807) is 4.90 Å². The molecule has 0 aromatic heterocycles. The molecule has 1 aliphatic rings. The number of rotatable bonds is 11. The van der Waals surface area contributed by atoms with Crippen molar-refractivity contribution in [2.24, 2.45) is 5.92 Å². The lowest BCUT2D eigenvalue weighted by molar-refractivity contribution is -0.140. The Hall–Kier alpha value is -1.83. The van der Waals surface area contributed by atoms with Gasteiger partial charge in [0.15, 0.2) is 0 Å². The summed E-state index contributed by atoms with van der Waals surface area (Å²) in [6.07, 6.45) is 3.99. The Labute approximate surface area is 156 Å². The molecule has 2 N–H and O–H groups in total. The minimum atomic E-state index is -0.227. The number of ether oxygens (including phenoxy) is 2. The molecule has 0 aliphatic carbocycles. The van der Waals surface area contributed by atoms with Crippen molar-refractivity contribution < 1.29 is 23.9 Å². The lowest BCUT2D eigenvalue weighted by atomic mass is 9.96. The van der Waals surface area contributed by atoms with Gasteiger partial charge in [-0.2, -0.15) is 0 Å². The number of urea groups is 1. The first-order valence-corrected chi connectivity index (χ1v) is 9.53. The van der Waals surface area contributed by atoms with Gasteiger partial charge in [-0.05, 0) is 39.0 Å². The van der Waals surface area contributed by atoms with Crippen LogP contribution in [0.15, 0.2) is 0 Å². The zero-order chi connectivity index (χ0) is 19.2. The molecule has 0 aromatic carbocycles. The van der Waals surface area contributed by atoms with Crippen molar-refractivity contribution in [3.8, 4) is 0 Å². The van der Waals surface area contributed by atoms with E-state index < -0.39 is 0 Å². The molecule has 0 atom stereocenters. The Morgan fingerprint density at radius 1 is 1.04 bits per heavy atom. The van der Waals surface area contributed by atoms with E-state index in [2.05, 4.69) is 15.4 Å². The molecule has 3 amide bonds. The van der Waals surface area contributed by atoms with E-state index in [-0.39, 0.29) is 23.8 Å². The number of piperidine rings is 1. The number of nitrogens with zero attached hydrogens (tertiary/aromatic N) is 1. The zero-order valence-corrected chi connectivity index (χ0v) is 16.1. The van der Waals surface area contributed by atoms with Gasteiger partial charge in [0.2, 0.25) is 5.91 Å². The second-order valence-corrected chi connectivity index (χ2v) is 6.37. The van der Waals surface area contributed by atoms with E-state index in [4.69, 9.17) is 4.74 Å². The van der Waals surface area contributed by atoms with Gasteiger partial charge in [-0.15, -0.1) is 0 Å². The molecule has 150 valence electrons. The highest BCUT2D eigenvalue weighted by Gasteiger charge is 2.26. The van der Waals surface area contributed by atoms with Crippen LogP contribution in [0.1, 0.15) is 45.4 Å². The quantitative estimate of drug-likeness (QED) is 0.421. The molecule has 0 spiro atoms. The number of carbonyl (C=O) groups is 3. The van der Waals surface area contributed by atoms with Gasteiger partial charge in [-0.3, -0.25) is 9.59 Å². The Morgan fingerprint density at radius 2 is 1.73 bits per heavy atom. The van der Waals surface area contributed by atoms with Crippen LogP contribution in [0.4, 0.5) is 4.79 Å². The lowest BCUT2D eigenvalue weighted by Gasteiger charge is -2.31. The van der Waals surface area contributed by atoms with E-state index in [1.165, 1.54) is 7.11 Å². The molecule has 1 rings (SSSR count). The third kappa shape index (κ3) is 9.03. The summed E-state index contributed by atoms with van der Waals surface area (Å²) in [5.41, 5.74) is 0. The fourth-order valence-corrected chi connectivity index (χ4v) is 2.82. The monoisotopic (exact) mass is 371 g/mol. The summed E-state index contributed by atoms with van der Waals surface area (Å²) in [4.78, 5) is 37.0. The summed E-state index contributed by atoms with van der Waals surface area (Å²) >= 11 is 0. The predicted molar refractivity (Wildman–Crippen MR) is 97.7 cm³/mol. The van der Waals surface area contributed by atoms with Crippen LogP contribution < -0.4 is 10.6 Å². The molecule has 1 fully saturated rings. The zero-order valence-electron chi connectivity index (χ0n) is 16.1. The van der Waals surface area contributed by atoms with E-state index >= 15 is 0 Å². The van der Waals surface area contributed by atoms with Gasteiger partial charge in [0.1, 0.15) is 0 Å². The number of hydrogen-bond donors (Lipinski definition) is 2. The maximum Gasteiger partial charge on any atom is 0.317 e. The van der Waals surface area contributed by atoms with Crippen LogP contribution in [0.2, 0.25) is 0 Å². The highest BCUT2D eigenvalue weighted by atomic mass is 16.5. The van der Waals surface area contributed by atoms with Crippen LogP contribution >= 0.6 is 0 Å². The lowest BCUT2D eigenvalue weighted by Crippen LogP contribution is -2.47. The standard InChI is InChI=1S/C18H33N3O5/c1-3-26-14-6-11-19-17(23)15-8-12-21(13-9-15)18(24)20-10-5-4-7-16(22)25-2/h15H,3-14H2,1-2H3,(H,19,23)(H,20,24). The normalized spacial score (nSPS) is 14.8. The van der Waals surface area contributed by atoms with Gasteiger partial charge in [0.25, 0.3) is 0 Å². The fraction of sp³-hybridized carbons (Fsp3) is 0.833. The first-order valence-electron chi connectivity index (χ1n) is 9.53. The summed E-state index contributed by atoms with van der Waals surface area (Å²) in [5, 5.41) is 5.80. The average Bonchev–Trinajstić information content (AvgIpc) is 2.67. The van der Waals surface area contributed by atoms with E-state index in [0.29, 0.717) is 65.1 Å². The van der Waals surface area contributed by atoms with Crippen molar-refractivity contribution in [2.45, 2.75) is 45.4 Å². The molecule has 1 heterocycles. The van der Waals surface area contributed by atoms with E-state index in [0.717, 1.165) is 12.8 Å². The number of carbonyl (C=O) groups excluding carboxylic acids is 3. The van der Waals surface area contributed by atoms with Crippen LogP contribution in [-0.2, 0) is 19.1 Å². The first kappa shape index (κ1) is 22.2. The number of hydrogen-bond acceptors (Lipinski definition) is 5. The Kier molecular flexibility index (Phi) is 11.4. The van der Waals surface area contributed by atoms with Gasteiger partial charge in [-0.25, -0.2) is 4.79 Å². The predicted octanol–water partition coefficient (Wildman–Crippen LogP) is 1.29. The highest BCUT2D eigenvalue weighted by Crippen LogP contribution is 2.17. The Morgan fingerprint density at radius 3 is 2.38 bits per heavy atom. The van der Waals surface area contributed by atoms with Crippen molar-refractivity contribution in [3.05, 3.63) is 0 Å². The molecule has 26 heavy (non-hydrogen) atoms. The van der Waals surface area contributed by atoms with Crippen molar-refractivity contribution in [1.29, 1.82) is 0 Å². The van der Waals surface area contributed by atoms with Crippen molar-refractivity contribution >= 4 is 17.9 Å². The van der Waals surface area contributed by atoms with Gasteiger partial charge in [0, 0.05) is 51.7 Å². The number of unbranched alkanes of at least 4 members (excludes halogenated alkanes) is 1. The minimum Gasteiger partial charge on any atom is -0.469 e. The smallest absolute Gasteiger partial charge is 0.317 e. The summed E-state index contributed by atoms with van der Waals surface area (Å²) < 4.78 is 9.81. The molecule has 1 saturated heterocycles. The fourth-order valence-electron chi connectivity index (χ4n) is 2.82. The second-order valence-electron chi connectivity index (χ2n) is 6.37. The second kappa shape index (κ2) is 13.4. The van der Waals surface area contributed by atoms with Gasteiger partial charge in [-0.1, -0.05) is 0 Å². The van der Waals surface area contributed by atoms with Crippen LogP contribution in [0, 0.1) is 5.92 Å². The van der Waals surface area contributed by atoms with E-state index in [9.17, 15) is 14.4 Å². The molecular formula is C18H33N3O5. The molecule has 8 nitrogen and oxygen atoms in total. The summed E-state index contributed by atoms with van der Waals surface area (Å²) in [5.74, 6) is -0.176. The summed E-state index contributed by atoms with van der Waals surface area (Å²) in [6, 6.07) is -0.0985. The van der Waals surface area contributed by atoms with Gasteiger partial charge < -0.3 is 25.0 Å². The molecule has 1 aliphatic heterocycles. The molecule has 0 saturated carbocycles. The molecule has 8 heteroatoms. The third-order valence-electron chi connectivity index (χ3n) is 4.43. The van der Waals surface area contributed by atoms with Crippen LogP contribution in [0.25, 0.3) is 0 Å². The van der Waals surface area contributed by atoms with Crippen molar-refractivity contribution in [3.63, 3.8) is 0 Å². The van der Waals surface area contributed by atoms with Crippen LogP contribution in [0.3, 0.4) is 0 Å². The van der Waals surface area contributed by atoms with Crippen LogP contribution in [-0.4, -0.2) is 69.3 Å². The largest absolute Gasteiger partial charge is 0.469 e. The van der Waals surface area contributed by atoms with Gasteiger partial charge >= 0.3 is 12.0 Å². The third-order valence-corrected chi connectivity index (χ3v) is 4.43. The topological polar surface area (TPSA) is 97.0 Å². The number of methoxy groups -OCH3 is 1. The van der Waals surface area contributed by atoms with Crippen LogP contribution in [0.5, 0.6) is 0 Å². The summed E-state index contributed by atoms with van der Waals surface area (Å²) in [7, 11) is 1.37. The maximum absolute atomic E-state index is 12.1. The van der Waals surface area contributed by atoms with Crippen molar-refractivity contribution in [1.82, 2.24) is 15.5 Å². The molecular weight excluding hydrogens is 338 g/mol. The first-order chi connectivity index (χ1) is 12.6. The number of nitrogens with one attached hydrogen (secondary N) is 2. The molecule has 0 radical (unpaired) electrons.